The average molecular weight is 465 g/mol. The zero-order valence-electron chi connectivity index (χ0n) is 20.7. The van der Waals surface area contributed by atoms with Crippen LogP contribution in [0.15, 0.2) is 42.0 Å². The fourth-order valence-electron chi connectivity index (χ4n) is 4.28. The standard InChI is InChI=1S/C28H36N2S2/c1-18(2)11-10-12-30(9)24-15-23-26(32-24)25-22(28(23,7)8)14-21(31-25)13-20(17-29)19(3)16-27(4,5)6/h13-15H,1,3,10-12,16H2,2,4-9H3/b20-13-. The number of nitrogens with zero attached hydrogens (tertiary/aromatic N) is 2. The lowest BCUT2D eigenvalue weighted by molar-refractivity contribution is 0.413. The molecule has 1 aliphatic carbocycles. The first-order valence-electron chi connectivity index (χ1n) is 11.3. The molecule has 0 bridgehead atoms. The Labute approximate surface area is 202 Å². The molecule has 0 aliphatic heterocycles. The van der Waals surface area contributed by atoms with E-state index in [1.165, 1.54) is 31.5 Å². The van der Waals surface area contributed by atoms with E-state index in [0.29, 0.717) is 5.57 Å². The Kier molecular flexibility index (Phi) is 6.94. The second-order valence-corrected chi connectivity index (χ2v) is 13.0. The largest absolute Gasteiger partial charge is 0.366 e. The van der Waals surface area contributed by atoms with Crippen LogP contribution in [0.5, 0.6) is 0 Å². The first-order chi connectivity index (χ1) is 14.8. The van der Waals surface area contributed by atoms with Crippen LogP contribution in [-0.2, 0) is 5.41 Å². The molecule has 2 aromatic heterocycles. The normalized spacial score (nSPS) is 14.6. The molecule has 0 atom stereocenters. The van der Waals surface area contributed by atoms with Crippen molar-refractivity contribution in [1.29, 1.82) is 5.26 Å². The van der Waals surface area contributed by atoms with Crippen LogP contribution in [0.25, 0.3) is 15.8 Å². The maximum atomic E-state index is 9.75. The van der Waals surface area contributed by atoms with Crippen molar-refractivity contribution in [2.75, 3.05) is 18.5 Å². The molecule has 2 aromatic rings. The zero-order chi connectivity index (χ0) is 23.8. The van der Waals surface area contributed by atoms with E-state index in [4.69, 9.17) is 0 Å². The van der Waals surface area contributed by atoms with Crippen LogP contribution in [0.4, 0.5) is 5.00 Å². The number of hydrogen-bond acceptors (Lipinski definition) is 4. The van der Waals surface area contributed by atoms with Gasteiger partial charge < -0.3 is 4.90 Å². The first-order valence-corrected chi connectivity index (χ1v) is 12.9. The van der Waals surface area contributed by atoms with Crippen molar-refractivity contribution in [2.45, 2.75) is 66.2 Å². The van der Waals surface area contributed by atoms with Crippen LogP contribution in [0, 0.1) is 16.7 Å². The molecular formula is C28H36N2S2. The van der Waals surface area contributed by atoms with Crippen molar-refractivity contribution in [2.24, 2.45) is 5.41 Å². The number of allylic oxidation sites excluding steroid dienone is 3. The zero-order valence-corrected chi connectivity index (χ0v) is 22.3. The summed E-state index contributed by atoms with van der Waals surface area (Å²) in [4.78, 5) is 6.27. The fourth-order valence-corrected chi connectivity index (χ4v) is 7.00. The maximum Gasteiger partial charge on any atom is 0.0994 e. The lowest BCUT2D eigenvalue weighted by Crippen LogP contribution is -2.18. The predicted octanol–water partition coefficient (Wildman–Crippen LogP) is 8.81. The van der Waals surface area contributed by atoms with Gasteiger partial charge in [0.15, 0.2) is 0 Å². The Balaban J connectivity index is 1.89. The summed E-state index contributed by atoms with van der Waals surface area (Å²) in [6.07, 6.45) is 5.06. The van der Waals surface area contributed by atoms with Gasteiger partial charge in [0, 0.05) is 28.8 Å². The van der Waals surface area contributed by atoms with Crippen molar-refractivity contribution >= 4 is 33.8 Å². The van der Waals surface area contributed by atoms with Gasteiger partial charge in [0.2, 0.25) is 0 Å². The summed E-state index contributed by atoms with van der Waals surface area (Å²) in [5.41, 5.74) is 5.77. The van der Waals surface area contributed by atoms with E-state index in [1.807, 2.05) is 17.4 Å². The third kappa shape index (κ3) is 5.11. The van der Waals surface area contributed by atoms with Crippen molar-refractivity contribution in [1.82, 2.24) is 0 Å². The molecule has 170 valence electrons. The minimum atomic E-state index is -0.0181. The number of thiophene rings is 2. The maximum absolute atomic E-state index is 9.75. The summed E-state index contributed by atoms with van der Waals surface area (Å²) < 4.78 is 0. The molecule has 0 spiro atoms. The molecule has 4 heteroatoms. The molecule has 0 saturated heterocycles. The van der Waals surface area contributed by atoms with E-state index in [1.54, 1.807) is 11.3 Å². The lowest BCUT2D eigenvalue weighted by atomic mass is 9.83. The van der Waals surface area contributed by atoms with Gasteiger partial charge in [-0.1, -0.05) is 46.8 Å². The second kappa shape index (κ2) is 9.04. The third-order valence-corrected chi connectivity index (χ3v) is 8.52. The molecule has 0 saturated carbocycles. The number of fused-ring (bicyclic) bond motifs is 3. The summed E-state index contributed by atoms with van der Waals surface area (Å²) in [5.74, 6) is 0. The molecule has 2 heterocycles. The Morgan fingerprint density at radius 1 is 1.16 bits per heavy atom. The molecule has 0 unspecified atom stereocenters. The highest BCUT2D eigenvalue weighted by Crippen LogP contribution is 2.57. The monoisotopic (exact) mass is 464 g/mol. The van der Waals surface area contributed by atoms with Crippen molar-refractivity contribution < 1.29 is 0 Å². The minimum Gasteiger partial charge on any atom is -0.366 e. The second-order valence-electron chi connectivity index (χ2n) is 10.8. The third-order valence-electron chi connectivity index (χ3n) is 6.03. The molecule has 0 aromatic carbocycles. The smallest absolute Gasteiger partial charge is 0.0994 e. The van der Waals surface area contributed by atoms with Crippen LogP contribution in [0.1, 0.15) is 76.8 Å². The highest BCUT2D eigenvalue weighted by atomic mass is 32.1. The van der Waals surface area contributed by atoms with E-state index < -0.39 is 0 Å². The fraction of sp³-hybridized carbons (Fsp3) is 0.464. The topological polar surface area (TPSA) is 27.0 Å². The van der Waals surface area contributed by atoms with Crippen LogP contribution in [0.2, 0.25) is 0 Å². The highest BCUT2D eigenvalue weighted by Gasteiger charge is 2.39. The lowest BCUT2D eigenvalue weighted by Gasteiger charge is -2.21. The Morgan fingerprint density at radius 2 is 1.78 bits per heavy atom. The predicted molar refractivity (Wildman–Crippen MR) is 144 cm³/mol. The first kappa shape index (κ1) is 24.6. The molecule has 0 radical (unpaired) electrons. The quantitative estimate of drug-likeness (QED) is 0.222. The SMILES string of the molecule is C=C(C)CCCN(C)c1cc2c(s1)-c1sc(/C=C(/C#N)C(=C)CC(C)(C)C)cc1C2(C)C. The van der Waals surface area contributed by atoms with Crippen LogP contribution >= 0.6 is 22.7 Å². The Bertz CT molecular complexity index is 1110. The number of anilines is 1. The molecular weight excluding hydrogens is 428 g/mol. The van der Waals surface area contributed by atoms with E-state index in [2.05, 4.69) is 84.8 Å². The Morgan fingerprint density at radius 3 is 2.38 bits per heavy atom. The van der Waals surface area contributed by atoms with Gasteiger partial charge in [-0.25, -0.2) is 0 Å². The Hall–Kier alpha value is -2.09. The van der Waals surface area contributed by atoms with Gasteiger partial charge in [0.1, 0.15) is 0 Å². The summed E-state index contributed by atoms with van der Waals surface area (Å²) >= 11 is 3.70. The average Bonchev–Trinajstić information content (AvgIpc) is 3.32. The van der Waals surface area contributed by atoms with Gasteiger partial charge in [-0.2, -0.15) is 5.26 Å². The molecule has 32 heavy (non-hydrogen) atoms. The minimum absolute atomic E-state index is 0.0181. The molecule has 3 rings (SSSR count). The summed E-state index contributed by atoms with van der Waals surface area (Å²) in [7, 11) is 2.19. The van der Waals surface area contributed by atoms with E-state index >= 15 is 0 Å². The summed E-state index contributed by atoms with van der Waals surface area (Å²) in [6, 6.07) is 7.05. The summed E-state index contributed by atoms with van der Waals surface area (Å²) in [6.45, 7) is 22.5. The van der Waals surface area contributed by atoms with E-state index in [9.17, 15) is 5.26 Å². The number of nitriles is 1. The van der Waals surface area contributed by atoms with Gasteiger partial charge in [-0.05, 0) is 66.5 Å². The van der Waals surface area contributed by atoms with Gasteiger partial charge in [-0.15, -0.1) is 29.3 Å². The molecule has 0 N–H and O–H groups in total. The van der Waals surface area contributed by atoms with E-state index in [0.717, 1.165) is 36.3 Å². The van der Waals surface area contributed by atoms with Gasteiger partial charge >= 0.3 is 0 Å². The van der Waals surface area contributed by atoms with Crippen LogP contribution < -0.4 is 4.90 Å². The molecule has 0 fully saturated rings. The highest BCUT2D eigenvalue weighted by molar-refractivity contribution is 7.25. The van der Waals surface area contributed by atoms with Gasteiger partial charge in [0.05, 0.1) is 21.5 Å². The van der Waals surface area contributed by atoms with Crippen molar-refractivity contribution in [3.8, 4) is 15.8 Å². The van der Waals surface area contributed by atoms with Gasteiger partial charge in [0.25, 0.3) is 0 Å². The van der Waals surface area contributed by atoms with Crippen LogP contribution in [0.3, 0.4) is 0 Å². The molecule has 0 amide bonds. The van der Waals surface area contributed by atoms with Crippen molar-refractivity contribution in [3.05, 3.63) is 58.0 Å². The summed E-state index contributed by atoms with van der Waals surface area (Å²) in [5, 5.41) is 11.1. The van der Waals surface area contributed by atoms with Crippen molar-refractivity contribution in [3.63, 3.8) is 0 Å². The number of rotatable bonds is 8. The number of hydrogen-bond donors (Lipinski definition) is 0. The van der Waals surface area contributed by atoms with Crippen LogP contribution in [-0.4, -0.2) is 13.6 Å². The van der Waals surface area contributed by atoms with Gasteiger partial charge in [-0.3, -0.25) is 0 Å². The molecule has 1 aliphatic rings. The molecule has 2 nitrogen and oxygen atoms in total. The van der Waals surface area contributed by atoms with E-state index in [-0.39, 0.29) is 10.8 Å².